The molecule has 6 rings (SSSR count). The normalized spacial score (nSPS) is 30.9. The summed E-state index contributed by atoms with van der Waals surface area (Å²) >= 11 is 7.65. The molecule has 0 radical (unpaired) electrons. The van der Waals surface area contributed by atoms with Crippen LogP contribution in [-0.4, -0.2) is 29.3 Å². The molecule has 1 aliphatic carbocycles. The van der Waals surface area contributed by atoms with Crippen LogP contribution in [-0.2, 0) is 0 Å². The van der Waals surface area contributed by atoms with Gasteiger partial charge in [0.15, 0.2) is 5.78 Å². The molecule has 1 atom stereocenters. The van der Waals surface area contributed by atoms with Gasteiger partial charge in [-0.25, -0.2) is 0 Å². The highest BCUT2D eigenvalue weighted by atomic mass is 35.5. The highest BCUT2D eigenvalue weighted by Crippen LogP contribution is 2.58. The second-order valence-corrected chi connectivity index (χ2v) is 9.18. The third-order valence-corrected chi connectivity index (χ3v) is 7.64. The fourth-order valence-electron chi connectivity index (χ4n) is 5.08. The number of thiophene rings is 1. The summed E-state index contributed by atoms with van der Waals surface area (Å²) in [6.07, 6.45) is 5.92. The molecule has 0 amide bonds. The summed E-state index contributed by atoms with van der Waals surface area (Å²) in [4.78, 5) is 15.6. The average Bonchev–Trinajstić information content (AvgIpc) is 3.24. The average molecular weight is 346 g/mol. The molecule has 4 heterocycles. The van der Waals surface area contributed by atoms with Crippen LogP contribution in [0.25, 0.3) is 10.1 Å². The van der Waals surface area contributed by atoms with E-state index in [2.05, 4.69) is 4.90 Å². The molecule has 4 fully saturated rings. The highest BCUT2D eigenvalue weighted by molar-refractivity contribution is 7.22. The van der Waals surface area contributed by atoms with Crippen molar-refractivity contribution in [1.29, 1.82) is 0 Å². The first-order valence-electron chi connectivity index (χ1n) is 8.63. The fourth-order valence-corrected chi connectivity index (χ4v) is 6.28. The van der Waals surface area contributed by atoms with Crippen molar-refractivity contribution in [2.75, 3.05) is 13.1 Å². The minimum Gasteiger partial charge on any atom is -0.297 e. The maximum absolute atomic E-state index is 12.9. The number of ketones is 1. The number of halogens is 1. The fraction of sp³-hybridized carbons (Fsp3) is 0.526. The van der Waals surface area contributed by atoms with Crippen LogP contribution < -0.4 is 0 Å². The first-order chi connectivity index (χ1) is 11.2. The maximum Gasteiger partial charge on any atom is 0.163 e. The largest absolute Gasteiger partial charge is 0.297 e. The second kappa shape index (κ2) is 5.05. The number of carbonyl (C=O) groups excluding carboxylic acids is 1. The predicted molar refractivity (Wildman–Crippen MR) is 95.5 cm³/mol. The van der Waals surface area contributed by atoms with Crippen LogP contribution in [0.3, 0.4) is 0 Å². The number of rotatable bonds is 3. The molecule has 23 heavy (non-hydrogen) atoms. The summed E-state index contributed by atoms with van der Waals surface area (Å²) in [6.45, 7) is 2.52. The molecule has 2 nitrogen and oxygen atoms in total. The molecule has 2 bridgehead atoms. The van der Waals surface area contributed by atoms with Crippen LogP contribution in [0.4, 0.5) is 0 Å². The zero-order valence-corrected chi connectivity index (χ0v) is 14.6. The Bertz CT molecular complexity index is 786. The van der Waals surface area contributed by atoms with E-state index in [9.17, 15) is 4.79 Å². The van der Waals surface area contributed by atoms with Crippen molar-refractivity contribution in [3.05, 3.63) is 34.2 Å². The number of hydrogen-bond acceptors (Lipinski definition) is 3. The van der Waals surface area contributed by atoms with E-state index in [1.54, 1.807) is 11.3 Å². The van der Waals surface area contributed by atoms with E-state index in [1.165, 1.54) is 38.8 Å². The lowest BCUT2D eigenvalue weighted by molar-refractivity contribution is -0.0274. The molecule has 2 aromatic rings. The molecule has 3 saturated heterocycles. The summed E-state index contributed by atoms with van der Waals surface area (Å²) in [6, 6.07) is 8.03. The minimum absolute atomic E-state index is 0.321. The Kier molecular flexibility index (Phi) is 3.17. The number of fused-ring (bicyclic) bond motifs is 3. The molecule has 1 spiro atoms. The summed E-state index contributed by atoms with van der Waals surface area (Å²) < 4.78 is 1.91. The van der Waals surface area contributed by atoms with Gasteiger partial charge in [-0.05, 0) is 68.1 Å². The van der Waals surface area contributed by atoms with Crippen molar-refractivity contribution in [3.8, 4) is 0 Å². The molecule has 0 unspecified atom stereocenters. The van der Waals surface area contributed by atoms with E-state index in [4.69, 9.17) is 11.6 Å². The molecule has 1 aromatic carbocycles. The standard InChI is InChI=1S/C19H20ClNOS/c20-18-10-14-2-1-13(9-17(14)23-18)16(22)11-15-12-3-7-21(8-4-12)19(15)5-6-19/h1-2,9-10,12,15H,3-8,11H2/t15-/m1/s1. The van der Waals surface area contributed by atoms with Gasteiger partial charge < -0.3 is 0 Å². The first-order valence-corrected chi connectivity index (χ1v) is 9.82. The minimum atomic E-state index is 0.321. The maximum atomic E-state index is 12.9. The first kappa shape index (κ1) is 14.4. The number of hydrogen-bond donors (Lipinski definition) is 0. The molecule has 3 aliphatic heterocycles. The summed E-state index contributed by atoms with van der Waals surface area (Å²) in [7, 11) is 0. The van der Waals surface area contributed by atoms with E-state index < -0.39 is 0 Å². The number of carbonyl (C=O) groups is 1. The molecule has 4 aliphatic rings. The Morgan fingerprint density at radius 2 is 2.04 bits per heavy atom. The van der Waals surface area contributed by atoms with E-state index in [1.807, 2.05) is 24.3 Å². The van der Waals surface area contributed by atoms with Gasteiger partial charge in [-0.3, -0.25) is 9.69 Å². The van der Waals surface area contributed by atoms with Crippen molar-refractivity contribution < 1.29 is 4.79 Å². The molecule has 1 saturated carbocycles. The lowest BCUT2D eigenvalue weighted by Crippen LogP contribution is -2.57. The third-order valence-electron chi connectivity index (χ3n) is 6.41. The van der Waals surface area contributed by atoms with Gasteiger partial charge in [0.1, 0.15) is 0 Å². The predicted octanol–water partition coefficient (Wildman–Crippen LogP) is 5.00. The van der Waals surface area contributed by atoms with Gasteiger partial charge in [0, 0.05) is 22.2 Å². The van der Waals surface area contributed by atoms with Crippen LogP contribution >= 0.6 is 22.9 Å². The number of Topliss-reactive ketones (excluding diaryl/α,β-unsaturated/α-hetero) is 1. The van der Waals surface area contributed by atoms with Crippen LogP contribution in [0.1, 0.15) is 42.5 Å². The lowest BCUT2D eigenvalue weighted by atomic mass is 9.69. The van der Waals surface area contributed by atoms with Gasteiger partial charge in [0.05, 0.1) is 4.34 Å². The molecular weight excluding hydrogens is 326 g/mol. The Hall–Kier alpha value is -0.900. The highest BCUT2D eigenvalue weighted by Gasteiger charge is 2.60. The summed E-state index contributed by atoms with van der Waals surface area (Å²) in [5, 5.41) is 1.14. The Morgan fingerprint density at radius 3 is 2.78 bits per heavy atom. The van der Waals surface area contributed by atoms with Crippen LogP contribution in [0, 0.1) is 11.8 Å². The molecular formula is C19H20ClNOS. The van der Waals surface area contributed by atoms with Gasteiger partial charge in [-0.15, -0.1) is 11.3 Å². The summed E-state index contributed by atoms with van der Waals surface area (Å²) in [5.41, 5.74) is 1.26. The zero-order chi connectivity index (χ0) is 15.6. The van der Waals surface area contributed by atoms with Crippen molar-refractivity contribution in [1.82, 2.24) is 4.90 Å². The van der Waals surface area contributed by atoms with E-state index in [0.29, 0.717) is 17.2 Å². The third kappa shape index (κ3) is 2.20. The van der Waals surface area contributed by atoms with Crippen molar-refractivity contribution in [3.63, 3.8) is 0 Å². The molecule has 120 valence electrons. The zero-order valence-electron chi connectivity index (χ0n) is 13.1. The van der Waals surface area contributed by atoms with Crippen molar-refractivity contribution in [2.24, 2.45) is 11.8 Å². The Labute approximate surface area is 145 Å². The van der Waals surface area contributed by atoms with E-state index in [-0.39, 0.29) is 0 Å². The van der Waals surface area contributed by atoms with Crippen LogP contribution in [0.2, 0.25) is 4.34 Å². The second-order valence-electron chi connectivity index (χ2n) is 7.46. The van der Waals surface area contributed by atoms with Gasteiger partial charge in [-0.1, -0.05) is 23.7 Å². The molecule has 0 N–H and O–H groups in total. The van der Waals surface area contributed by atoms with Gasteiger partial charge in [-0.2, -0.15) is 0 Å². The lowest BCUT2D eigenvalue weighted by Gasteiger charge is -2.52. The Balaban J connectivity index is 1.42. The van der Waals surface area contributed by atoms with Gasteiger partial charge in [0.25, 0.3) is 0 Å². The SMILES string of the molecule is O=C(C[C@@H]1C2CCN(CC2)C12CC2)c1ccc2cc(Cl)sc2c1. The number of piperidine rings is 3. The van der Waals surface area contributed by atoms with Crippen LogP contribution in [0.15, 0.2) is 24.3 Å². The Morgan fingerprint density at radius 1 is 1.26 bits per heavy atom. The molecule has 1 aromatic heterocycles. The van der Waals surface area contributed by atoms with Crippen LogP contribution in [0.5, 0.6) is 0 Å². The van der Waals surface area contributed by atoms with E-state index in [0.717, 1.165) is 32.3 Å². The van der Waals surface area contributed by atoms with Crippen molar-refractivity contribution >= 4 is 38.8 Å². The number of benzene rings is 1. The summed E-state index contributed by atoms with van der Waals surface area (Å²) in [5.74, 6) is 1.67. The topological polar surface area (TPSA) is 20.3 Å². The monoisotopic (exact) mass is 345 g/mol. The van der Waals surface area contributed by atoms with Crippen molar-refractivity contribution in [2.45, 2.75) is 37.6 Å². The quantitative estimate of drug-likeness (QED) is 0.729. The van der Waals surface area contributed by atoms with Gasteiger partial charge >= 0.3 is 0 Å². The molecule has 4 heteroatoms. The number of nitrogens with zero attached hydrogens (tertiary/aromatic N) is 1. The van der Waals surface area contributed by atoms with E-state index >= 15 is 0 Å². The smallest absolute Gasteiger partial charge is 0.163 e. The van der Waals surface area contributed by atoms with Gasteiger partial charge in [0.2, 0.25) is 0 Å².